The lowest BCUT2D eigenvalue weighted by atomic mass is 10.1. The Bertz CT molecular complexity index is 541. The molecule has 3 rings (SSSR count). The summed E-state index contributed by atoms with van der Waals surface area (Å²) in [6.45, 7) is 3.14. The maximum atomic E-state index is 12.4. The Morgan fingerprint density at radius 1 is 1.13 bits per heavy atom. The van der Waals surface area contributed by atoms with E-state index in [-0.39, 0.29) is 11.2 Å². The van der Waals surface area contributed by atoms with E-state index < -0.39 is 0 Å². The first-order chi connectivity index (χ1) is 11.2. The zero-order chi connectivity index (χ0) is 16.1. The van der Waals surface area contributed by atoms with Crippen LogP contribution >= 0.6 is 11.8 Å². The predicted molar refractivity (Wildman–Crippen MR) is 92.4 cm³/mol. The molecule has 1 heterocycles. The van der Waals surface area contributed by atoms with E-state index >= 15 is 0 Å². The van der Waals surface area contributed by atoms with Gasteiger partial charge in [0.2, 0.25) is 5.91 Å². The normalized spacial score (nSPS) is 19.7. The average molecular weight is 335 g/mol. The molecule has 5 heteroatoms. The van der Waals surface area contributed by atoms with Gasteiger partial charge in [0.05, 0.1) is 5.25 Å². The first-order valence-corrected chi connectivity index (χ1v) is 9.47. The number of hydrogen-bond donors (Lipinski definition) is 1. The summed E-state index contributed by atoms with van der Waals surface area (Å²) in [6.07, 6.45) is 7.30. The highest BCUT2D eigenvalue weighted by atomic mass is 32.2. The molecule has 1 fully saturated rings. The van der Waals surface area contributed by atoms with E-state index in [1.807, 2.05) is 25.1 Å². The quantitative estimate of drug-likeness (QED) is 0.672. The number of nitrogens with one attached hydrogen (secondary N) is 1. The summed E-state index contributed by atoms with van der Waals surface area (Å²) >= 11 is 1.57. The molecule has 4 nitrogen and oxygen atoms in total. The summed E-state index contributed by atoms with van der Waals surface area (Å²) in [5.41, 5.74) is 0. The minimum absolute atomic E-state index is 0.110. The molecule has 0 bridgehead atoms. The molecule has 1 N–H and O–H groups in total. The van der Waals surface area contributed by atoms with E-state index in [2.05, 4.69) is 5.32 Å². The summed E-state index contributed by atoms with van der Waals surface area (Å²) in [4.78, 5) is 13.5. The highest BCUT2D eigenvalue weighted by Gasteiger charge is 2.20. The number of rotatable bonds is 4. The fourth-order valence-electron chi connectivity index (χ4n) is 3.10. The number of hydrogen-bond acceptors (Lipinski definition) is 4. The number of carbonyl (C=O) groups is 1. The van der Waals surface area contributed by atoms with Gasteiger partial charge >= 0.3 is 0 Å². The average Bonchev–Trinajstić information content (AvgIpc) is 2.83. The van der Waals surface area contributed by atoms with Crippen molar-refractivity contribution in [1.82, 2.24) is 5.32 Å². The van der Waals surface area contributed by atoms with Crippen LogP contribution in [0, 0.1) is 0 Å². The van der Waals surface area contributed by atoms with Crippen molar-refractivity contribution in [3.05, 3.63) is 18.2 Å². The molecule has 1 amide bonds. The van der Waals surface area contributed by atoms with Gasteiger partial charge in [-0.25, -0.2) is 0 Å². The van der Waals surface area contributed by atoms with Gasteiger partial charge in [-0.1, -0.05) is 25.7 Å². The second-order valence-electron chi connectivity index (χ2n) is 6.26. The van der Waals surface area contributed by atoms with Crippen LogP contribution in [0.25, 0.3) is 0 Å². The van der Waals surface area contributed by atoms with Crippen LogP contribution in [0.1, 0.15) is 45.4 Å². The first-order valence-electron chi connectivity index (χ1n) is 8.59. The van der Waals surface area contributed by atoms with Crippen LogP contribution in [0.4, 0.5) is 0 Å². The molecule has 1 saturated carbocycles. The lowest BCUT2D eigenvalue weighted by Crippen LogP contribution is -2.39. The van der Waals surface area contributed by atoms with Crippen LogP contribution in [0.3, 0.4) is 0 Å². The van der Waals surface area contributed by atoms with Crippen molar-refractivity contribution < 1.29 is 14.3 Å². The van der Waals surface area contributed by atoms with Crippen molar-refractivity contribution in [2.24, 2.45) is 0 Å². The van der Waals surface area contributed by atoms with Crippen molar-refractivity contribution in [2.45, 2.75) is 61.6 Å². The number of thioether (sulfide) groups is 1. The standard InChI is InChI=1S/C18H25NO3S/c1-13(18(20)19-14-6-4-2-3-5-7-14)23-15-8-9-16-17(12-15)22-11-10-21-16/h8-9,12-14H,2-7,10-11H2,1H3,(H,19,20). The molecule has 0 aromatic heterocycles. The molecule has 1 aliphatic heterocycles. The van der Waals surface area contributed by atoms with Crippen molar-refractivity contribution in [3.63, 3.8) is 0 Å². The molecule has 1 aromatic carbocycles. The van der Waals surface area contributed by atoms with Gasteiger partial charge in [-0.3, -0.25) is 4.79 Å². The molecular formula is C18H25NO3S. The Balaban J connectivity index is 1.55. The summed E-state index contributed by atoms with van der Waals surface area (Å²) in [6, 6.07) is 6.24. The maximum Gasteiger partial charge on any atom is 0.233 e. The van der Waals surface area contributed by atoms with E-state index in [0.717, 1.165) is 29.2 Å². The van der Waals surface area contributed by atoms with E-state index in [1.165, 1.54) is 25.7 Å². The SMILES string of the molecule is CC(Sc1ccc2c(c1)OCCO2)C(=O)NC1CCCCCC1. The van der Waals surface area contributed by atoms with Gasteiger partial charge in [-0.2, -0.15) is 0 Å². The first kappa shape index (κ1) is 16.5. The summed E-state index contributed by atoms with van der Waals surface area (Å²) in [5, 5.41) is 3.12. The van der Waals surface area contributed by atoms with Gasteiger partial charge < -0.3 is 14.8 Å². The molecule has 1 atom stereocenters. The monoisotopic (exact) mass is 335 g/mol. The molecule has 0 spiro atoms. The summed E-state index contributed by atoms with van der Waals surface area (Å²) in [7, 11) is 0. The number of benzene rings is 1. The van der Waals surface area contributed by atoms with Gasteiger partial charge in [0, 0.05) is 10.9 Å². The zero-order valence-electron chi connectivity index (χ0n) is 13.7. The van der Waals surface area contributed by atoms with Crippen LogP contribution in [0.15, 0.2) is 23.1 Å². The van der Waals surface area contributed by atoms with E-state index in [0.29, 0.717) is 19.3 Å². The summed E-state index contributed by atoms with van der Waals surface area (Å²) in [5.74, 6) is 1.70. The molecule has 1 aliphatic carbocycles. The number of ether oxygens (including phenoxy) is 2. The fraction of sp³-hybridized carbons (Fsp3) is 0.611. The smallest absolute Gasteiger partial charge is 0.233 e. The molecule has 0 radical (unpaired) electrons. The molecule has 2 aliphatic rings. The van der Waals surface area contributed by atoms with Crippen molar-refractivity contribution in [3.8, 4) is 11.5 Å². The van der Waals surface area contributed by atoms with Gasteiger partial charge in [-0.05, 0) is 38.0 Å². The van der Waals surface area contributed by atoms with E-state index in [1.54, 1.807) is 11.8 Å². The molecule has 0 saturated heterocycles. The Morgan fingerprint density at radius 2 is 1.83 bits per heavy atom. The maximum absolute atomic E-state index is 12.4. The molecule has 1 unspecified atom stereocenters. The van der Waals surface area contributed by atoms with Crippen LogP contribution < -0.4 is 14.8 Å². The van der Waals surface area contributed by atoms with Crippen LogP contribution in [-0.2, 0) is 4.79 Å². The second kappa shape index (κ2) is 7.95. The zero-order valence-corrected chi connectivity index (χ0v) is 14.5. The Hall–Kier alpha value is -1.36. The van der Waals surface area contributed by atoms with E-state index in [4.69, 9.17) is 9.47 Å². The minimum atomic E-state index is -0.110. The third-order valence-corrected chi connectivity index (χ3v) is 5.49. The summed E-state index contributed by atoms with van der Waals surface area (Å²) < 4.78 is 11.1. The van der Waals surface area contributed by atoms with Gasteiger partial charge in [-0.15, -0.1) is 11.8 Å². The Labute approximate surface area is 142 Å². The van der Waals surface area contributed by atoms with Gasteiger partial charge in [0.1, 0.15) is 13.2 Å². The molecular weight excluding hydrogens is 310 g/mol. The largest absolute Gasteiger partial charge is 0.486 e. The lowest BCUT2D eigenvalue weighted by Gasteiger charge is -2.21. The lowest BCUT2D eigenvalue weighted by molar-refractivity contribution is -0.121. The molecule has 126 valence electrons. The van der Waals surface area contributed by atoms with Crippen molar-refractivity contribution in [1.29, 1.82) is 0 Å². The van der Waals surface area contributed by atoms with Crippen LogP contribution in [0.5, 0.6) is 11.5 Å². The van der Waals surface area contributed by atoms with E-state index in [9.17, 15) is 4.79 Å². The van der Waals surface area contributed by atoms with Crippen LogP contribution in [-0.4, -0.2) is 30.4 Å². The third-order valence-electron chi connectivity index (χ3n) is 4.40. The molecule has 23 heavy (non-hydrogen) atoms. The molecule has 1 aromatic rings. The van der Waals surface area contributed by atoms with Crippen molar-refractivity contribution >= 4 is 17.7 Å². The number of carbonyl (C=O) groups excluding carboxylic acids is 1. The second-order valence-corrected chi connectivity index (χ2v) is 7.68. The highest BCUT2D eigenvalue weighted by molar-refractivity contribution is 8.00. The van der Waals surface area contributed by atoms with Crippen LogP contribution in [0.2, 0.25) is 0 Å². The minimum Gasteiger partial charge on any atom is -0.486 e. The Kier molecular flexibility index (Phi) is 5.70. The highest BCUT2D eigenvalue weighted by Crippen LogP contribution is 2.35. The fourth-order valence-corrected chi connectivity index (χ4v) is 4.00. The Morgan fingerprint density at radius 3 is 2.57 bits per heavy atom. The topological polar surface area (TPSA) is 47.6 Å². The number of amides is 1. The number of fused-ring (bicyclic) bond motifs is 1. The van der Waals surface area contributed by atoms with Gasteiger partial charge in [0.25, 0.3) is 0 Å². The van der Waals surface area contributed by atoms with Crippen molar-refractivity contribution in [2.75, 3.05) is 13.2 Å². The van der Waals surface area contributed by atoms with Gasteiger partial charge in [0.15, 0.2) is 11.5 Å². The predicted octanol–water partition coefficient (Wildman–Crippen LogP) is 3.78. The third kappa shape index (κ3) is 4.56.